The van der Waals surface area contributed by atoms with Gasteiger partial charge in [0.2, 0.25) is 5.91 Å². The summed E-state index contributed by atoms with van der Waals surface area (Å²) in [6.07, 6.45) is 6.02. The number of nitrogens with one attached hydrogen (secondary N) is 1. The van der Waals surface area contributed by atoms with E-state index in [-0.39, 0.29) is 11.8 Å². The van der Waals surface area contributed by atoms with Gasteiger partial charge in [-0.3, -0.25) is 14.6 Å². The van der Waals surface area contributed by atoms with Gasteiger partial charge in [-0.2, -0.15) is 0 Å². The lowest BCUT2D eigenvalue weighted by Crippen LogP contribution is -2.40. The topological polar surface area (TPSA) is 35.6 Å². The summed E-state index contributed by atoms with van der Waals surface area (Å²) in [7, 11) is 0. The van der Waals surface area contributed by atoms with Crippen LogP contribution in [0.3, 0.4) is 0 Å². The van der Waals surface area contributed by atoms with E-state index in [1.807, 2.05) is 6.07 Å². The van der Waals surface area contributed by atoms with E-state index in [0.29, 0.717) is 0 Å². The van der Waals surface area contributed by atoms with Gasteiger partial charge in [0.25, 0.3) is 0 Å². The summed E-state index contributed by atoms with van der Waals surface area (Å²) >= 11 is 0. The monoisotopic (exact) mass is 391 g/mol. The van der Waals surface area contributed by atoms with Crippen molar-refractivity contribution in [1.82, 2.24) is 9.80 Å². The van der Waals surface area contributed by atoms with Crippen molar-refractivity contribution in [2.24, 2.45) is 5.92 Å². The van der Waals surface area contributed by atoms with E-state index in [1.165, 1.54) is 43.5 Å². The predicted octanol–water partition coefficient (Wildman–Crippen LogP) is 4.52. The predicted molar refractivity (Wildman–Crippen MR) is 119 cm³/mol. The summed E-state index contributed by atoms with van der Waals surface area (Å²) in [6, 6.07) is 19.0. The molecule has 4 heteroatoms. The first-order chi connectivity index (χ1) is 14.3. The Morgan fingerprint density at radius 3 is 2.38 bits per heavy atom. The van der Waals surface area contributed by atoms with Crippen LogP contribution in [0.4, 0.5) is 5.69 Å². The van der Waals surface area contributed by atoms with E-state index < -0.39 is 0 Å². The van der Waals surface area contributed by atoms with Crippen LogP contribution in [0.25, 0.3) is 0 Å². The molecule has 1 amide bonds. The Bertz CT molecular complexity index is 786. The van der Waals surface area contributed by atoms with E-state index >= 15 is 0 Å². The smallest absolute Gasteiger partial charge is 0.228 e. The zero-order chi connectivity index (χ0) is 19.9. The standard InChI is InChI=1S/C25H33N3O/c29-25(23-12-8-16-28(20-23)18-21-9-3-1-4-10-21)26-24-13-7-11-22(17-24)19-27-14-5-2-6-15-27/h1,3-4,7,9-11,13,17,23H,2,5-6,8,12,14-16,18-20H2,(H,26,29). The average molecular weight is 392 g/mol. The molecule has 29 heavy (non-hydrogen) atoms. The Labute approximate surface area is 174 Å². The maximum Gasteiger partial charge on any atom is 0.228 e. The van der Waals surface area contributed by atoms with Crippen LogP contribution in [0.5, 0.6) is 0 Å². The van der Waals surface area contributed by atoms with Gasteiger partial charge in [-0.15, -0.1) is 0 Å². The molecule has 1 unspecified atom stereocenters. The maximum atomic E-state index is 12.9. The van der Waals surface area contributed by atoms with Gasteiger partial charge in [-0.25, -0.2) is 0 Å². The van der Waals surface area contributed by atoms with Crippen LogP contribution < -0.4 is 5.32 Å². The van der Waals surface area contributed by atoms with Crippen molar-refractivity contribution in [2.75, 3.05) is 31.5 Å². The van der Waals surface area contributed by atoms with Gasteiger partial charge in [-0.1, -0.05) is 48.9 Å². The van der Waals surface area contributed by atoms with Crippen molar-refractivity contribution < 1.29 is 4.79 Å². The molecule has 0 spiro atoms. The molecule has 0 aromatic heterocycles. The van der Waals surface area contributed by atoms with Gasteiger partial charge in [0.05, 0.1) is 5.92 Å². The Morgan fingerprint density at radius 2 is 1.55 bits per heavy atom. The van der Waals surface area contributed by atoms with E-state index in [9.17, 15) is 4.79 Å². The van der Waals surface area contributed by atoms with Gasteiger partial charge < -0.3 is 5.32 Å². The Hall–Kier alpha value is -2.17. The first-order valence-corrected chi connectivity index (χ1v) is 11.1. The number of carbonyl (C=O) groups is 1. The fourth-order valence-electron chi connectivity index (χ4n) is 4.62. The van der Waals surface area contributed by atoms with Crippen LogP contribution >= 0.6 is 0 Å². The molecule has 2 saturated heterocycles. The lowest BCUT2D eigenvalue weighted by molar-refractivity contribution is -0.121. The summed E-state index contributed by atoms with van der Waals surface area (Å²) in [4.78, 5) is 17.9. The van der Waals surface area contributed by atoms with Gasteiger partial charge >= 0.3 is 0 Å². The van der Waals surface area contributed by atoms with Crippen LogP contribution in [0.2, 0.25) is 0 Å². The van der Waals surface area contributed by atoms with Gasteiger partial charge in [-0.05, 0) is 68.6 Å². The summed E-state index contributed by atoms with van der Waals surface area (Å²) < 4.78 is 0. The molecule has 2 aliphatic rings. The van der Waals surface area contributed by atoms with Crippen molar-refractivity contribution in [3.05, 3.63) is 65.7 Å². The number of likely N-dealkylation sites (tertiary alicyclic amines) is 2. The molecule has 0 aliphatic carbocycles. The molecule has 2 aromatic rings. The minimum Gasteiger partial charge on any atom is -0.326 e. The number of anilines is 1. The number of amides is 1. The number of nitrogens with zero attached hydrogens (tertiary/aromatic N) is 2. The van der Waals surface area contributed by atoms with Crippen LogP contribution in [-0.4, -0.2) is 41.9 Å². The van der Waals surface area contributed by atoms with Crippen molar-refractivity contribution >= 4 is 11.6 Å². The quantitative estimate of drug-likeness (QED) is 0.786. The Morgan fingerprint density at radius 1 is 0.828 bits per heavy atom. The molecule has 2 fully saturated rings. The van der Waals surface area contributed by atoms with Gasteiger partial charge in [0.15, 0.2) is 0 Å². The lowest BCUT2D eigenvalue weighted by Gasteiger charge is -2.32. The molecule has 4 rings (SSSR count). The second-order valence-electron chi connectivity index (χ2n) is 8.59. The fourth-order valence-corrected chi connectivity index (χ4v) is 4.62. The highest BCUT2D eigenvalue weighted by atomic mass is 16.1. The summed E-state index contributed by atoms with van der Waals surface area (Å²) in [5, 5.41) is 3.19. The molecule has 154 valence electrons. The minimum absolute atomic E-state index is 0.0678. The molecular formula is C25H33N3O. The first-order valence-electron chi connectivity index (χ1n) is 11.1. The van der Waals surface area contributed by atoms with Crippen LogP contribution in [0, 0.1) is 5.92 Å². The third-order valence-corrected chi connectivity index (χ3v) is 6.17. The maximum absolute atomic E-state index is 12.9. The van der Waals surface area contributed by atoms with Crippen molar-refractivity contribution in [1.29, 1.82) is 0 Å². The Balaban J connectivity index is 1.32. The van der Waals surface area contributed by atoms with Gasteiger partial charge in [0, 0.05) is 25.3 Å². The van der Waals surface area contributed by atoms with Gasteiger partial charge in [0.1, 0.15) is 0 Å². The normalized spacial score (nSPS) is 21.0. The van der Waals surface area contributed by atoms with E-state index in [1.54, 1.807) is 0 Å². The van der Waals surface area contributed by atoms with Crippen LogP contribution in [0.15, 0.2) is 54.6 Å². The largest absolute Gasteiger partial charge is 0.326 e. The molecule has 2 aromatic carbocycles. The fraction of sp³-hybridized carbons (Fsp3) is 0.480. The third-order valence-electron chi connectivity index (χ3n) is 6.17. The SMILES string of the molecule is O=C(Nc1cccc(CN2CCCCC2)c1)C1CCCN(Cc2ccccc2)C1. The molecule has 2 heterocycles. The van der Waals surface area contributed by atoms with E-state index in [2.05, 4.69) is 63.6 Å². The zero-order valence-corrected chi connectivity index (χ0v) is 17.4. The second-order valence-corrected chi connectivity index (χ2v) is 8.59. The average Bonchev–Trinajstić information content (AvgIpc) is 2.76. The van der Waals surface area contributed by atoms with E-state index in [0.717, 1.165) is 44.7 Å². The van der Waals surface area contributed by atoms with Crippen LogP contribution in [0.1, 0.15) is 43.2 Å². The minimum atomic E-state index is 0.0678. The number of hydrogen-bond donors (Lipinski definition) is 1. The van der Waals surface area contributed by atoms with Crippen molar-refractivity contribution in [3.8, 4) is 0 Å². The highest BCUT2D eigenvalue weighted by Crippen LogP contribution is 2.22. The molecule has 0 saturated carbocycles. The summed E-state index contributed by atoms with van der Waals surface area (Å²) in [5.74, 6) is 0.232. The number of hydrogen-bond acceptors (Lipinski definition) is 3. The molecule has 1 N–H and O–H groups in total. The first kappa shape index (κ1) is 20.1. The highest BCUT2D eigenvalue weighted by molar-refractivity contribution is 5.92. The molecule has 4 nitrogen and oxygen atoms in total. The Kier molecular flexibility index (Phi) is 6.96. The molecule has 0 bridgehead atoms. The second kappa shape index (κ2) is 10.0. The number of carbonyl (C=O) groups excluding carboxylic acids is 1. The molecular weight excluding hydrogens is 358 g/mol. The molecule has 0 radical (unpaired) electrons. The summed E-state index contributed by atoms with van der Waals surface area (Å²) in [6.45, 7) is 6.21. The summed E-state index contributed by atoms with van der Waals surface area (Å²) in [5.41, 5.74) is 3.54. The van der Waals surface area contributed by atoms with Crippen molar-refractivity contribution in [2.45, 2.75) is 45.2 Å². The van der Waals surface area contributed by atoms with Crippen molar-refractivity contribution in [3.63, 3.8) is 0 Å². The third kappa shape index (κ3) is 5.91. The number of benzene rings is 2. The lowest BCUT2D eigenvalue weighted by atomic mass is 9.96. The number of piperidine rings is 2. The highest BCUT2D eigenvalue weighted by Gasteiger charge is 2.26. The molecule has 2 aliphatic heterocycles. The van der Waals surface area contributed by atoms with Crippen LogP contribution in [-0.2, 0) is 17.9 Å². The molecule has 1 atom stereocenters. The zero-order valence-electron chi connectivity index (χ0n) is 17.4. The van der Waals surface area contributed by atoms with E-state index in [4.69, 9.17) is 0 Å². The number of rotatable bonds is 6.